The van der Waals surface area contributed by atoms with Crippen LogP contribution in [0, 0.1) is 5.41 Å². The van der Waals surface area contributed by atoms with Crippen LogP contribution in [0.2, 0.25) is 0 Å². The molecule has 2 saturated heterocycles. The molecular formula is C16H34N2. The lowest BCUT2D eigenvalue weighted by Crippen LogP contribution is -2.35. The highest BCUT2D eigenvalue weighted by Crippen LogP contribution is 2.52. The molecule has 0 aromatic carbocycles. The summed E-state index contributed by atoms with van der Waals surface area (Å²) >= 11 is 0. The summed E-state index contributed by atoms with van der Waals surface area (Å²) in [5.41, 5.74) is 0.523. The van der Waals surface area contributed by atoms with E-state index in [1.165, 1.54) is 19.4 Å². The van der Waals surface area contributed by atoms with Gasteiger partial charge in [-0.25, -0.2) is 0 Å². The molecule has 0 aromatic rings. The summed E-state index contributed by atoms with van der Waals surface area (Å²) in [6, 6.07) is 1.61. The molecule has 0 atom stereocenters. The lowest BCUT2D eigenvalue weighted by atomic mass is 9.70. The van der Waals surface area contributed by atoms with Gasteiger partial charge in [0, 0.05) is 24.0 Å². The van der Waals surface area contributed by atoms with Crippen LogP contribution >= 0.6 is 0 Å². The smallest absolute Gasteiger partial charge is 0.0116 e. The first-order chi connectivity index (χ1) is 8.44. The summed E-state index contributed by atoms with van der Waals surface area (Å²) in [6.07, 6.45) is 4.91. The Morgan fingerprint density at radius 2 is 1.78 bits per heavy atom. The Morgan fingerprint density at radius 1 is 1.33 bits per heavy atom. The number of hydrogen-bond acceptors (Lipinski definition) is 2. The third kappa shape index (κ3) is 4.40. The zero-order chi connectivity index (χ0) is 14.3. The van der Waals surface area contributed by atoms with Crippen LogP contribution in [-0.2, 0) is 0 Å². The molecule has 2 heteroatoms. The van der Waals surface area contributed by atoms with Gasteiger partial charge in [-0.2, -0.15) is 0 Å². The maximum atomic E-state index is 3.92. The first-order valence-corrected chi connectivity index (χ1v) is 7.48. The molecule has 0 amide bonds. The van der Waals surface area contributed by atoms with Crippen LogP contribution in [0.3, 0.4) is 0 Å². The van der Waals surface area contributed by atoms with Gasteiger partial charge in [-0.05, 0) is 47.3 Å². The molecule has 1 aliphatic carbocycles. The van der Waals surface area contributed by atoms with Gasteiger partial charge >= 0.3 is 0 Å². The second kappa shape index (κ2) is 7.96. The van der Waals surface area contributed by atoms with Gasteiger partial charge in [-0.15, -0.1) is 6.58 Å². The summed E-state index contributed by atoms with van der Waals surface area (Å²) in [7, 11) is 4.11. The van der Waals surface area contributed by atoms with Crippen molar-refractivity contribution in [3.8, 4) is 0 Å². The van der Waals surface area contributed by atoms with Crippen LogP contribution in [0.15, 0.2) is 12.7 Å². The van der Waals surface area contributed by atoms with Crippen molar-refractivity contribution in [3.05, 3.63) is 12.7 Å². The van der Waals surface area contributed by atoms with Crippen molar-refractivity contribution < 1.29 is 0 Å². The van der Waals surface area contributed by atoms with Crippen molar-refractivity contribution in [1.82, 2.24) is 9.80 Å². The second-order valence-electron chi connectivity index (χ2n) is 5.79. The molecule has 2 aliphatic heterocycles. The van der Waals surface area contributed by atoms with E-state index < -0.39 is 0 Å². The molecule has 0 spiro atoms. The SMILES string of the molecule is C=CC12CC(C1)N(C(C)C)C2.CC.CCN(C)C. The number of hydrogen-bond donors (Lipinski definition) is 0. The fourth-order valence-electron chi connectivity index (χ4n) is 2.57. The van der Waals surface area contributed by atoms with E-state index in [9.17, 15) is 0 Å². The molecule has 0 unspecified atom stereocenters. The first kappa shape index (κ1) is 17.7. The van der Waals surface area contributed by atoms with Crippen LogP contribution in [0.4, 0.5) is 0 Å². The van der Waals surface area contributed by atoms with Crippen molar-refractivity contribution in [2.75, 3.05) is 27.2 Å². The Hall–Kier alpha value is -0.340. The molecule has 2 bridgehead atoms. The van der Waals surface area contributed by atoms with Crippen molar-refractivity contribution in [1.29, 1.82) is 0 Å². The topological polar surface area (TPSA) is 6.48 Å². The number of fused-ring (bicyclic) bond motifs is 1. The molecule has 0 radical (unpaired) electrons. The van der Waals surface area contributed by atoms with Gasteiger partial charge in [0.05, 0.1) is 0 Å². The maximum Gasteiger partial charge on any atom is 0.0116 e. The highest BCUT2D eigenvalue weighted by molar-refractivity contribution is 5.16. The molecule has 2 nitrogen and oxygen atoms in total. The Morgan fingerprint density at radius 3 is 1.94 bits per heavy atom. The van der Waals surface area contributed by atoms with E-state index in [2.05, 4.69) is 57.3 Å². The van der Waals surface area contributed by atoms with Crippen molar-refractivity contribution >= 4 is 0 Å². The van der Waals surface area contributed by atoms with Gasteiger partial charge in [0.15, 0.2) is 0 Å². The van der Waals surface area contributed by atoms with Crippen molar-refractivity contribution in [2.24, 2.45) is 5.41 Å². The molecule has 3 rings (SSSR count). The second-order valence-corrected chi connectivity index (χ2v) is 5.79. The van der Waals surface area contributed by atoms with Gasteiger partial charge in [0.25, 0.3) is 0 Å². The summed E-state index contributed by atoms with van der Waals surface area (Å²) < 4.78 is 0. The fraction of sp³-hybridized carbons (Fsp3) is 0.875. The highest BCUT2D eigenvalue weighted by atomic mass is 15.2. The third-order valence-electron chi connectivity index (χ3n) is 3.98. The van der Waals surface area contributed by atoms with Gasteiger partial charge in [-0.1, -0.05) is 26.8 Å². The molecule has 2 heterocycles. The van der Waals surface area contributed by atoms with E-state index in [-0.39, 0.29) is 0 Å². The Bertz CT molecular complexity index is 227. The third-order valence-corrected chi connectivity index (χ3v) is 3.98. The van der Waals surface area contributed by atoms with Crippen LogP contribution in [0.1, 0.15) is 47.5 Å². The van der Waals surface area contributed by atoms with E-state index in [4.69, 9.17) is 0 Å². The average Bonchev–Trinajstić information content (AvgIpc) is 2.87. The van der Waals surface area contributed by atoms with Crippen LogP contribution in [-0.4, -0.2) is 49.1 Å². The predicted molar refractivity (Wildman–Crippen MR) is 83.1 cm³/mol. The largest absolute Gasteiger partial charge is 0.310 e. The van der Waals surface area contributed by atoms with Crippen molar-refractivity contribution in [2.45, 2.75) is 59.5 Å². The first-order valence-electron chi connectivity index (χ1n) is 7.48. The number of rotatable bonds is 3. The summed E-state index contributed by atoms with van der Waals surface area (Å²) in [6.45, 7) is 17.0. The van der Waals surface area contributed by atoms with Gasteiger partial charge in [0.2, 0.25) is 0 Å². The van der Waals surface area contributed by atoms with Gasteiger partial charge in [-0.3, -0.25) is 4.90 Å². The van der Waals surface area contributed by atoms with E-state index in [0.29, 0.717) is 5.41 Å². The van der Waals surface area contributed by atoms with Crippen LogP contribution < -0.4 is 0 Å². The lowest BCUT2D eigenvalue weighted by molar-refractivity contribution is 0.190. The summed E-state index contributed by atoms with van der Waals surface area (Å²) in [5.74, 6) is 0. The van der Waals surface area contributed by atoms with Crippen molar-refractivity contribution in [3.63, 3.8) is 0 Å². The summed E-state index contributed by atoms with van der Waals surface area (Å²) in [5, 5.41) is 0. The lowest BCUT2D eigenvalue weighted by Gasteiger charge is -2.35. The standard InChI is InChI=1S/C10H17N.C4H11N.C2H6/c1-4-10-5-9(6-10)11(7-10)8(2)3;1-4-5(2)3;1-2/h4,8-9H,1,5-7H2,2-3H3;4H2,1-3H3;1-2H3. The monoisotopic (exact) mass is 254 g/mol. The minimum absolute atomic E-state index is 0.523. The predicted octanol–water partition coefficient (Wildman–Crippen LogP) is 3.64. The van der Waals surface area contributed by atoms with Gasteiger partial charge in [0.1, 0.15) is 0 Å². The van der Waals surface area contributed by atoms with E-state index >= 15 is 0 Å². The fourth-order valence-corrected chi connectivity index (χ4v) is 2.57. The molecule has 3 aliphatic rings. The minimum atomic E-state index is 0.523. The average molecular weight is 254 g/mol. The quantitative estimate of drug-likeness (QED) is 0.710. The highest BCUT2D eigenvalue weighted by Gasteiger charge is 2.53. The zero-order valence-electron chi connectivity index (χ0n) is 13.7. The summed E-state index contributed by atoms with van der Waals surface area (Å²) in [4.78, 5) is 4.74. The van der Waals surface area contributed by atoms with Crippen LogP contribution in [0.25, 0.3) is 0 Å². The van der Waals surface area contributed by atoms with Gasteiger partial charge < -0.3 is 4.90 Å². The molecular weight excluding hydrogens is 220 g/mol. The Kier molecular flexibility index (Phi) is 7.81. The van der Waals surface area contributed by atoms with E-state index in [1.807, 2.05) is 13.8 Å². The Labute approximate surface area is 115 Å². The molecule has 1 saturated carbocycles. The minimum Gasteiger partial charge on any atom is -0.310 e. The zero-order valence-corrected chi connectivity index (χ0v) is 13.7. The Balaban J connectivity index is 0.000000354. The molecule has 108 valence electrons. The molecule has 3 fully saturated rings. The number of nitrogens with zero attached hydrogens (tertiary/aromatic N) is 2. The maximum absolute atomic E-state index is 3.92. The molecule has 0 aromatic heterocycles. The van der Waals surface area contributed by atoms with E-state index in [1.54, 1.807) is 0 Å². The molecule has 0 N–H and O–H groups in total. The van der Waals surface area contributed by atoms with Crippen LogP contribution in [0.5, 0.6) is 0 Å². The van der Waals surface area contributed by atoms with E-state index in [0.717, 1.165) is 18.6 Å². The molecule has 18 heavy (non-hydrogen) atoms. The normalized spacial score (nSPS) is 29.1.